The van der Waals surface area contributed by atoms with Gasteiger partial charge in [-0.3, -0.25) is 0 Å². The van der Waals surface area contributed by atoms with E-state index in [1.807, 2.05) is 18.3 Å². The number of rotatable bonds is 2. The van der Waals surface area contributed by atoms with Gasteiger partial charge in [-0.25, -0.2) is 4.98 Å². The van der Waals surface area contributed by atoms with E-state index in [9.17, 15) is 0 Å². The summed E-state index contributed by atoms with van der Waals surface area (Å²) in [4.78, 5) is 5.38. The van der Waals surface area contributed by atoms with Crippen molar-refractivity contribution < 1.29 is 9.47 Å². The predicted octanol–water partition coefficient (Wildman–Crippen LogP) is 2.31. The third-order valence-electron chi connectivity index (χ3n) is 2.71. The summed E-state index contributed by atoms with van der Waals surface area (Å²) in [5.41, 5.74) is 7.86. The minimum atomic E-state index is 0.301. The fourth-order valence-electron chi connectivity index (χ4n) is 1.84. The maximum absolute atomic E-state index is 5.57. The zero-order valence-corrected chi connectivity index (χ0v) is 10.2. The summed E-state index contributed by atoms with van der Waals surface area (Å²) in [6.45, 7) is 2.84. The Morgan fingerprint density at radius 1 is 1.35 bits per heavy atom. The van der Waals surface area contributed by atoms with E-state index in [1.54, 1.807) is 11.3 Å². The van der Waals surface area contributed by atoms with Crippen molar-refractivity contribution in [1.82, 2.24) is 4.98 Å². The maximum Gasteiger partial charge on any atom is 0.231 e. The van der Waals surface area contributed by atoms with E-state index in [0.29, 0.717) is 13.3 Å². The molecule has 17 heavy (non-hydrogen) atoms. The van der Waals surface area contributed by atoms with E-state index in [4.69, 9.17) is 15.2 Å². The normalized spacial score (nSPS) is 13.1. The standard InChI is InChI=1S/C12H12N2O2S/c1-7-2-9-10(16-6-15-9)3-8(7)11-5-14-12(4-13)17-11/h2-3,5H,4,6,13H2,1H3. The van der Waals surface area contributed by atoms with E-state index in [2.05, 4.69) is 11.9 Å². The van der Waals surface area contributed by atoms with Gasteiger partial charge < -0.3 is 15.2 Å². The Kier molecular flexibility index (Phi) is 2.49. The molecular formula is C12H12N2O2S. The second-order valence-corrected chi connectivity index (χ2v) is 4.96. The second kappa shape index (κ2) is 4.01. The van der Waals surface area contributed by atoms with Crippen molar-refractivity contribution in [1.29, 1.82) is 0 Å². The first kappa shape index (κ1) is 10.6. The summed E-state index contributed by atoms with van der Waals surface area (Å²) in [5.74, 6) is 1.61. The third-order valence-corrected chi connectivity index (χ3v) is 3.77. The van der Waals surface area contributed by atoms with E-state index >= 15 is 0 Å². The molecule has 5 heteroatoms. The van der Waals surface area contributed by atoms with Crippen LogP contribution in [0.25, 0.3) is 10.4 Å². The summed E-state index contributed by atoms with van der Waals surface area (Å²) < 4.78 is 10.7. The lowest BCUT2D eigenvalue weighted by atomic mass is 10.1. The van der Waals surface area contributed by atoms with Crippen LogP contribution in [-0.4, -0.2) is 11.8 Å². The van der Waals surface area contributed by atoms with Crippen LogP contribution in [0.2, 0.25) is 0 Å². The van der Waals surface area contributed by atoms with Crippen molar-refractivity contribution >= 4 is 11.3 Å². The zero-order valence-electron chi connectivity index (χ0n) is 9.40. The molecule has 1 aromatic heterocycles. The third kappa shape index (κ3) is 1.77. The highest BCUT2D eigenvalue weighted by Crippen LogP contribution is 2.39. The maximum atomic E-state index is 5.57. The number of benzene rings is 1. The van der Waals surface area contributed by atoms with Crippen LogP contribution in [0.4, 0.5) is 0 Å². The molecule has 0 radical (unpaired) electrons. The van der Waals surface area contributed by atoms with Gasteiger partial charge in [-0.15, -0.1) is 11.3 Å². The van der Waals surface area contributed by atoms with Crippen LogP contribution in [0.3, 0.4) is 0 Å². The summed E-state index contributed by atoms with van der Waals surface area (Å²) >= 11 is 1.61. The molecule has 0 unspecified atom stereocenters. The number of hydrogen-bond donors (Lipinski definition) is 1. The molecule has 0 fully saturated rings. The lowest BCUT2D eigenvalue weighted by Crippen LogP contribution is -1.93. The Morgan fingerprint density at radius 3 is 2.82 bits per heavy atom. The number of thiazole rings is 1. The first-order valence-electron chi connectivity index (χ1n) is 5.33. The molecule has 2 aromatic rings. The number of aryl methyl sites for hydroxylation is 1. The van der Waals surface area contributed by atoms with Crippen LogP contribution in [-0.2, 0) is 6.54 Å². The van der Waals surface area contributed by atoms with Gasteiger partial charge in [0.1, 0.15) is 5.01 Å². The summed E-state index contributed by atoms with van der Waals surface area (Å²) in [6, 6.07) is 4.00. The van der Waals surface area contributed by atoms with Gasteiger partial charge in [0, 0.05) is 18.3 Å². The molecule has 0 bridgehead atoms. The van der Waals surface area contributed by atoms with Crippen molar-refractivity contribution in [2.24, 2.45) is 5.73 Å². The molecule has 0 aliphatic carbocycles. The van der Waals surface area contributed by atoms with Gasteiger partial charge in [0.25, 0.3) is 0 Å². The van der Waals surface area contributed by atoms with E-state index in [-0.39, 0.29) is 0 Å². The van der Waals surface area contributed by atoms with Crippen molar-refractivity contribution in [3.63, 3.8) is 0 Å². The molecule has 3 rings (SSSR count). The monoisotopic (exact) mass is 248 g/mol. The highest BCUT2D eigenvalue weighted by atomic mass is 32.1. The Labute approximate surface area is 103 Å². The zero-order chi connectivity index (χ0) is 11.8. The van der Waals surface area contributed by atoms with E-state index < -0.39 is 0 Å². The SMILES string of the molecule is Cc1cc2c(cc1-c1cnc(CN)s1)OCO2. The van der Waals surface area contributed by atoms with Crippen LogP contribution in [0, 0.1) is 6.92 Å². The molecule has 0 amide bonds. The Bertz CT molecular complexity index is 566. The van der Waals surface area contributed by atoms with Crippen molar-refractivity contribution in [2.45, 2.75) is 13.5 Å². The average molecular weight is 248 g/mol. The highest BCUT2D eigenvalue weighted by Gasteiger charge is 2.17. The van der Waals surface area contributed by atoms with Gasteiger partial charge in [0.05, 0.1) is 4.88 Å². The molecule has 4 nitrogen and oxygen atoms in total. The minimum absolute atomic E-state index is 0.301. The molecule has 0 saturated carbocycles. The van der Waals surface area contributed by atoms with Crippen LogP contribution in [0.1, 0.15) is 10.6 Å². The number of aromatic nitrogens is 1. The largest absolute Gasteiger partial charge is 0.454 e. The minimum Gasteiger partial charge on any atom is -0.454 e. The molecular weight excluding hydrogens is 236 g/mol. The van der Waals surface area contributed by atoms with Crippen LogP contribution in [0.5, 0.6) is 11.5 Å². The Morgan fingerprint density at radius 2 is 2.12 bits per heavy atom. The molecule has 1 aromatic carbocycles. The van der Waals surface area contributed by atoms with Crippen LogP contribution >= 0.6 is 11.3 Å². The van der Waals surface area contributed by atoms with Gasteiger partial charge in [0.2, 0.25) is 6.79 Å². The van der Waals surface area contributed by atoms with E-state index in [1.165, 1.54) is 0 Å². The van der Waals surface area contributed by atoms with Crippen molar-refractivity contribution in [3.05, 3.63) is 28.9 Å². The molecule has 1 aliphatic rings. The quantitative estimate of drug-likeness (QED) is 0.886. The topological polar surface area (TPSA) is 57.4 Å². The van der Waals surface area contributed by atoms with Gasteiger partial charge in [-0.1, -0.05) is 0 Å². The number of nitrogens with zero attached hydrogens (tertiary/aromatic N) is 1. The first-order valence-corrected chi connectivity index (χ1v) is 6.15. The fraction of sp³-hybridized carbons (Fsp3) is 0.250. The first-order chi connectivity index (χ1) is 8.28. The molecule has 0 atom stereocenters. The molecule has 88 valence electrons. The molecule has 0 saturated heterocycles. The fourth-order valence-corrected chi connectivity index (χ4v) is 2.72. The van der Waals surface area contributed by atoms with Gasteiger partial charge in [-0.05, 0) is 24.6 Å². The van der Waals surface area contributed by atoms with Crippen LogP contribution in [0.15, 0.2) is 18.3 Å². The Hall–Kier alpha value is -1.59. The van der Waals surface area contributed by atoms with Gasteiger partial charge in [0.15, 0.2) is 11.5 Å². The summed E-state index contributed by atoms with van der Waals surface area (Å²) in [6.07, 6.45) is 1.86. The number of fused-ring (bicyclic) bond motifs is 1. The average Bonchev–Trinajstić information content (AvgIpc) is 2.94. The molecule has 1 aliphatic heterocycles. The Balaban J connectivity index is 2.08. The van der Waals surface area contributed by atoms with Crippen LogP contribution < -0.4 is 15.2 Å². The smallest absolute Gasteiger partial charge is 0.231 e. The van der Waals surface area contributed by atoms with Gasteiger partial charge >= 0.3 is 0 Å². The number of hydrogen-bond acceptors (Lipinski definition) is 5. The van der Waals surface area contributed by atoms with Gasteiger partial charge in [-0.2, -0.15) is 0 Å². The lowest BCUT2D eigenvalue weighted by Gasteiger charge is -2.04. The summed E-state index contributed by atoms with van der Waals surface area (Å²) in [7, 11) is 0. The van der Waals surface area contributed by atoms with Crippen molar-refractivity contribution in [2.75, 3.05) is 6.79 Å². The molecule has 2 N–H and O–H groups in total. The van der Waals surface area contributed by atoms with Crippen molar-refractivity contribution in [3.8, 4) is 21.9 Å². The predicted molar refractivity (Wildman–Crippen MR) is 66.3 cm³/mol. The number of ether oxygens (including phenoxy) is 2. The second-order valence-electron chi connectivity index (χ2n) is 3.84. The number of nitrogens with two attached hydrogens (primary N) is 1. The van der Waals surface area contributed by atoms with E-state index in [0.717, 1.165) is 32.5 Å². The highest BCUT2D eigenvalue weighted by molar-refractivity contribution is 7.15. The molecule has 2 heterocycles. The molecule has 0 spiro atoms. The lowest BCUT2D eigenvalue weighted by molar-refractivity contribution is 0.174. The summed E-state index contributed by atoms with van der Waals surface area (Å²) in [5, 5.41) is 0.942.